The molecule has 0 heterocycles. The van der Waals surface area contributed by atoms with Crippen molar-refractivity contribution < 1.29 is 47.6 Å². The molecule has 10 heteroatoms. The van der Waals surface area contributed by atoms with Crippen LogP contribution in [0, 0.1) is 0 Å². The Bertz CT molecular complexity index is 1640. The molecule has 0 fully saturated rings. The van der Waals surface area contributed by atoms with Crippen LogP contribution in [0.1, 0.15) is 66.4 Å². The van der Waals surface area contributed by atoms with Crippen molar-refractivity contribution >= 4 is 23.9 Å². The number of carbonyl (C=O) groups is 4. The van der Waals surface area contributed by atoms with Crippen LogP contribution < -0.4 is 14.2 Å². The van der Waals surface area contributed by atoms with E-state index in [0.29, 0.717) is 56.1 Å². The van der Waals surface area contributed by atoms with Crippen LogP contribution >= 0.6 is 0 Å². The van der Waals surface area contributed by atoms with E-state index in [-0.39, 0.29) is 24.5 Å². The number of ether oxygens (including phenoxy) is 6. The second-order valence-corrected chi connectivity index (χ2v) is 11.1. The minimum atomic E-state index is -0.624. The van der Waals surface area contributed by atoms with Crippen molar-refractivity contribution in [1.29, 1.82) is 0 Å². The lowest BCUT2D eigenvalue weighted by Crippen LogP contribution is -2.13. The fourth-order valence-corrected chi connectivity index (χ4v) is 5.07. The summed E-state index contributed by atoms with van der Waals surface area (Å²) in [5.74, 6) is -0.212. The van der Waals surface area contributed by atoms with Gasteiger partial charge < -0.3 is 28.4 Å². The monoisotopic (exact) mass is 656 g/mol. The maximum absolute atomic E-state index is 13.0. The van der Waals surface area contributed by atoms with Crippen molar-refractivity contribution in [3.63, 3.8) is 0 Å². The average Bonchev–Trinajstić information content (AvgIpc) is 3.38. The molecule has 0 saturated heterocycles. The highest BCUT2D eigenvalue weighted by Gasteiger charge is 2.27. The Morgan fingerprint density at radius 3 is 1.96 bits per heavy atom. The normalized spacial score (nSPS) is 12.6. The first-order valence-electron chi connectivity index (χ1n) is 15.8. The highest BCUT2D eigenvalue weighted by Crippen LogP contribution is 2.46. The largest absolute Gasteiger partial charge is 0.494 e. The van der Waals surface area contributed by atoms with Crippen LogP contribution in [0.4, 0.5) is 0 Å². The first kappa shape index (κ1) is 35.5. The molecule has 1 unspecified atom stereocenters. The van der Waals surface area contributed by atoms with Crippen molar-refractivity contribution in [2.75, 3.05) is 33.5 Å². The van der Waals surface area contributed by atoms with Crippen LogP contribution in [0.25, 0.3) is 11.1 Å². The lowest BCUT2D eigenvalue weighted by molar-refractivity contribution is -0.144. The summed E-state index contributed by atoms with van der Waals surface area (Å²) in [4.78, 5) is 47.2. The minimum absolute atomic E-state index is 0.0477. The first-order valence-corrected chi connectivity index (χ1v) is 15.8. The molecule has 252 valence electrons. The molecule has 0 saturated carbocycles. The lowest BCUT2D eigenvalue weighted by atomic mass is 9.98. The van der Waals surface area contributed by atoms with Gasteiger partial charge in [0.25, 0.3) is 0 Å². The topological polar surface area (TPSA) is 124 Å². The molecule has 4 rings (SSSR count). The fourth-order valence-electron chi connectivity index (χ4n) is 5.07. The zero-order valence-corrected chi connectivity index (χ0v) is 27.3. The molecule has 10 nitrogen and oxygen atoms in total. The van der Waals surface area contributed by atoms with E-state index in [1.54, 1.807) is 30.3 Å². The van der Waals surface area contributed by atoms with E-state index in [2.05, 4.69) is 24.8 Å². The molecule has 1 aliphatic carbocycles. The quantitative estimate of drug-likeness (QED) is 0.0478. The van der Waals surface area contributed by atoms with E-state index in [9.17, 15) is 19.2 Å². The highest BCUT2D eigenvalue weighted by molar-refractivity contribution is 5.94. The summed E-state index contributed by atoms with van der Waals surface area (Å²) in [6.45, 7) is 10.4. The molecule has 0 radical (unpaired) electrons. The number of fused-ring (bicyclic) bond motifs is 3. The molecule has 48 heavy (non-hydrogen) atoms. The van der Waals surface area contributed by atoms with Gasteiger partial charge in [-0.3, -0.25) is 4.79 Å². The van der Waals surface area contributed by atoms with Gasteiger partial charge in [0.1, 0.15) is 17.2 Å². The van der Waals surface area contributed by atoms with Gasteiger partial charge in [-0.15, -0.1) is 0 Å². The van der Waals surface area contributed by atoms with Gasteiger partial charge in [-0.25, -0.2) is 14.4 Å². The van der Waals surface area contributed by atoms with Gasteiger partial charge in [0, 0.05) is 17.6 Å². The molecular weight excluding hydrogens is 616 g/mol. The molecule has 3 aromatic carbocycles. The number of esters is 4. The van der Waals surface area contributed by atoms with E-state index in [4.69, 9.17) is 23.7 Å². The molecule has 0 aliphatic heterocycles. The second-order valence-electron chi connectivity index (χ2n) is 11.1. The Balaban J connectivity index is 1.21. The van der Waals surface area contributed by atoms with Crippen LogP contribution in [0.2, 0.25) is 0 Å². The van der Waals surface area contributed by atoms with E-state index in [0.717, 1.165) is 40.5 Å². The number of carbonyl (C=O) groups excluding carboxylic acids is 4. The predicted molar refractivity (Wildman–Crippen MR) is 178 cm³/mol. The maximum Gasteiger partial charge on any atom is 0.343 e. The van der Waals surface area contributed by atoms with Gasteiger partial charge in [-0.1, -0.05) is 32.2 Å². The molecule has 0 N–H and O–H groups in total. The molecule has 1 atom stereocenters. The highest BCUT2D eigenvalue weighted by atomic mass is 16.5. The molecule has 0 spiro atoms. The molecule has 3 aromatic rings. The molecular formula is C38H40O10. The number of benzene rings is 3. The SMILES string of the molecule is C=CC(=O)OCCCCOc1ccc2c(c1)C(C)c1cc(C(=O)Oc3ccc(OCCCCOC(=O)C(=C)CC(=O)OC)cc3)ccc1-2. The fraction of sp³-hybridized carbons (Fsp3) is 0.316. The van der Waals surface area contributed by atoms with Crippen LogP contribution in [-0.2, 0) is 28.6 Å². The Hall–Kier alpha value is -5.38. The third kappa shape index (κ3) is 9.81. The second kappa shape index (κ2) is 17.5. The van der Waals surface area contributed by atoms with Gasteiger partial charge in [-0.2, -0.15) is 0 Å². The molecule has 1 aliphatic rings. The maximum atomic E-state index is 13.0. The van der Waals surface area contributed by atoms with Crippen LogP contribution in [-0.4, -0.2) is 57.4 Å². The van der Waals surface area contributed by atoms with Gasteiger partial charge in [0.05, 0.1) is 45.5 Å². The summed E-state index contributed by atoms with van der Waals surface area (Å²) < 4.78 is 31.9. The zero-order chi connectivity index (χ0) is 34.5. The van der Waals surface area contributed by atoms with Crippen LogP contribution in [0.3, 0.4) is 0 Å². The third-order valence-corrected chi connectivity index (χ3v) is 7.70. The Kier molecular flexibility index (Phi) is 12.9. The Morgan fingerprint density at radius 2 is 1.29 bits per heavy atom. The summed E-state index contributed by atoms with van der Waals surface area (Å²) in [5, 5.41) is 0. The standard InChI is InChI=1S/C38H40O10/c1-5-35(39)46-20-8-6-19-45-30-15-17-32-31-16-10-27(23-33(31)26(3)34(32)24-30)38(42)48-29-13-11-28(12-14-29)44-18-7-9-21-47-37(41)25(2)22-36(40)43-4/h5,10-17,23-24,26H,1-2,6-9,18-22H2,3-4H3. The summed E-state index contributed by atoms with van der Waals surface area (Å²) in [5.41, 5.74) is 4.87. The van der Waals surface area contributed by atoms with Gasteiger partial charge in [0.15, 0.2) is 0 Å². The smallest absolute Gasteiger partial charge is 0.343 e. The van der Waals surface area contributed by atoms with Crippen molar-refractivity contribution in [2.24, 2.45) is 0 Å². The number of methoxy groups -OCH3 is 1. The zero-order valence-electron chi connectivity index (χ0n) is 27.3. The van der Waals surface area contributed by atoms with Crippen molar-refractivity contribution in [3.05, 3.63) is 102 Å². The number of hydrogen-bond donors (Lipinski definition) is 0. The molecule has 0 bridgehead atoms. The third-order valence-electron chi connectivity index (χ3n) is 7.70. The van der Waals surface area contributed by atoms with Crippen molar-refractivity contribution in [1.82, 2.24) is 0 Å². The van der Waals surface area contributed by atoms with Gasteiger partial charge in [0.2, 0.25) is 0 Å². The number of unbranched alkanes of at least 4 members (excludes halogenated alkanes) is 2. The molecule has 0 amide bonds. The van der Waals surface area contributed by atoms with E-state index < -0.39 is 23.9 Å². The van der Waals surface area contributed by atoms with Crippen LogP contribution in [0.5, 0.6) is 17.2 Å². The van der Waals surface area contributed by atoms with E-state index in [1.165, 1.54) is 7.11 Å². The molecule has 0 aromatic heterocycles. The van der Waals surface area contributed by atoms with Crippen molar-refractivity contribution in [2.45, 2.75) is 44.9 Å². The average molecular weight is 657 g/mol. The summed E-state index contributed by atoms with van der Waals surface area (Å²) in [7, 11) is 1.24. The summed E-state index contributed by atoms with van der Waals surface area (Å²) in [6.07, 6.45) is 3.61. The first-order chi connectivity index (χ1) is 23.2. The van der Waals surface area contributed by atoms with Crippen LogP contribution in [0.15, 0.2) is 85.5 Å². The Morgan fingerprint density at radius 1 is 0.729 bits per heavy atom. The minimum Gasteiger partial charge on any atom is -0.494 e. The van der Waals surface area contributed by atoms with Crippen molar-refractivity contribution in [3.8, 4) is 28.4 Å². The van der Waals surface area contributed by atoms with E-state index >= 15 is 0 Å². The summed E-state index contributed by atoms with van der Waals surface area (Å²) in [6, 6.07) is 18.4. The summed E-state index contributed by atoms with van der Waals surface area (Å²) >= 11 is 0. The predicted octanol–water partition coefficient (Wildman–Crippen LogP) is 6.75. The Labute approximate surface area is 280 Å². The van der Waals surface area contributed by atoms with Gasteiger partial charge >= 0.3 is 23.9 Å². The lowest BCUT2D eigenvalue weighted by Gasteiger charge is -2.11. The number of hydrogen-bond acceptors (Lipinski definition) is 10. The number of rotatable bonds is 18. The van der Waals surface area contributed by atoms with Gasteiger partial charge in [-0.05, 0) is 96.5 Å². The van der Waals surface area contributed by atoms with E-state index in [1.807, 2.05) is 30.3 Å².